The highest BCUT2D eigenvalue weighted by Crippen LogP contribution is 2.23. The number of rotatable bonds is 2. The van der Waals surface area contributed by atoms with E-state index >= 15 is 0 Å². The van der Waals surface area contributed by atoms with Crippen LogP contribution in [0.4, 0.5) is 5.82 Å². The molecule has 0 bridgehead atoms. The quantitative estimate of drug-likeness (QED) is 0.725. The van der Waals surface area contributed by atoms with Gasteiger partial charge in [0, 0.05) is 12.6 Å². The number of sulfonamides is 1. The van der Waals surface area contributed by atoms with E-state index in [1.54, 1.807) is 6.92 Å². The second-order valence-electron chi connectivity index (χ2n) is 3.69. The standard InChI is InChI=1S/C8H14N4O3S/c1-6-5-15-3-2-12(6)16(13,14)7-4-10-11-8(7)9/h4,6H,2-3,5H2,1H3,(H3,9,10,11)/t6-/m1/s1. The lowest BCUT2D eigenvalue weighted by Gasteiger charge is -2.31. The average Bonchev–Trinajstić information content (AvgIpc) is 2.65. The summed E-state index contributed by atoms with van der Waals surface area (Å²) in [6.07, 6.45) is 1.23. The minimum atomic E-state index is -3.56. The summed E-state index contributed by atoms with van der Waals surface area (Å²) >= 11 is 0. The summed E-state index contributed by atoms with van der Waals surface area (Å²) in [5, 5.41) is 6.04. The Morgan fingerprint density at radius 2 is 2.44 bits per heavy atom. The van der Waals surface area contributed by atoms with Crippen LogP contribution in [-0.2, 0) is 14.8 Å². The van der Waals surface area contributed by atoms with Crippen LogP contribution in [0.2, 0.25) is 0 Å². The third kappa shape index (κ3) is 1.79. The van der Waals surface area contributed by atoms with Crippen LogP contribution >= 0.6 is 0 Å². The summed E-state index contributed by atoms with van der Waals surface area (Å²) in [6.45, 7) is 2.94. The van der Waals surface area contributed by atoms with Crippen molar-refractivity contribution in [3.8, 4) is 0 Å². The van der Waals surface area contributed by atoms with Crippen molar-refractivity contribution < 1.29 is 13.2 Å². The van der Waals surface area contributed by atoms with Gasteiger partial charge in [-0.15, -0.1) is 0 Å². The fourth-order valence-electron chi connectivity index (χ4n) is 1.69. The first-order valence-corrected chi connectivity index (χ1v) is 6.36. The molecule has 2 rings (SSSR count). The number of H-pyrrole nitrogens is 1. The molecule has 1 fully saturated rings. The van der Waals surface area contributed by atoms with Crippen molar-refractivity contribution in [1.82, 2.24) is 14.5 Å². The molecule has 1 aliphatic rings. The molecule has 8 heteroatoms. The van der Waals surface area contributed by atoms with Crippen LogP contribution in [-0.4, -0.2) is 48.7 Å². The fourth-order valence-corrected chi connectivity index (χ4v) is 3.30. The van der Waals surface area contributed by atoms with E-state index < -0.39 is 10.0 Å². The molecule has 0 radical (unpaired) electrons. The summed E-state index contributed by atoms with van der Waals surface area (Å²) in [7, 11) is -3.56. The van der Waals surface area contributed by atoms with E-state index in [1.165, 1.54) is 10.5 Å². The van der Waals surface area contributed by atoms with Gasteiger partial charge in [-0.3, -0.25) is 5.10 Å². The lowest BCUT2D eigenvalue weighted by atomic mass is 10.3. The molecule has 16 heavy (non-hydrogen) atoms. The normalized spacial score (nSPS) is 23.4. The average molecular weight is 246 g/mol. The van der Waals surface area contributed by atoms with E-state index in [0.717, 1.165) is 0 Å². The lowest BCUT2D eigenvalue weighted by Crippen LogP contribution is -2.46. The van der Waals surface area contributed by atoms with Crippen LogP contribution in [0, 0.1) is 0 Å². The van der Waals surface area contributed by atoms with Gasteiger partial charge < -0.3 is 10.5 Å². The molecule has 1 aromatic heterocycles. The molecule has 0 spiro atoms. The summed E-state index contributed by atoms with van der Waals surface area (Å²) < 4.78 is 31.0. The molecule has 0 aromatic carbocycles. The predicted molar refractivity (Wildman–Crippen MR) is 57.2 cm³/mol. The molecular formula is C8H14N4O3S. The van der Waals surface area contributed by atoms with E-state index in [1.807, 2.05) is 0 Å². The zero-order valence-electron chi connectivity index (χ0n) is 8.88. The number of nitrogens with zero attached hydrogens (tertiary/aromatic N) is 2. The predicted octanol–water partition coefficient (Wildman–Crippen LogP) is -0.599. The largest absolute Gasteiger partial charge is 0.383 e. The second-order valence-corrected chi connectivity index (χ2v) is 5.55. The van der Waals surface area contributed by atoms with Crippen LogP contribution in [0.25, 0.3) is 0 Å². The Bertz CT molecular complexity index is 469. The third-order valence-corrected chi connectivity index (χ3v) is 4.57. The van der Waals surface area contributed by atoms with Gasteiger partial charge in [-0.05, 0) is 6.92 Å². The SMILES string of the molecule is C[C@@H]1COCCN1S(=O)(=O)c1cn[nH]c1N. The highest BCUT2D eigenvalue weighted by atomic mass is 32.2. The molecule has 3 N–H and O–H groups in total. The van der Waals surface area contributed by atoms with Crippen molar-refractivity contribution in [2.75, 3.05) is 25.5 Å². The molecule has 0 saturated carbocycles. The fraction of sp³-hybridized carbons (Fsp3) is 0.625. The Kier molecular flexibility index (Phi) is 2.87. The van der Waals surface area contributed by atoms with Crippen LogP contribution in [0.15, 0.2) is 11.1 Å². The minimum absolute atomic E-state index is 0.0289. The number of ether oxygens (including phenoxy) is 1. The molecule has 2 heterocycles. The Balaban J connectivity index is 2.35. The molecule has 7 nitrogen and oxygen atoms in total. The van der Waals surface area contributed by atoms with Crippen molar-refractivity contribution in [3.05, 3.63) is 6.20 Å². The number of hydrogen-bond donors (Lipinski definition) is 2. The maximum absolute atomic E-state index is 12.2. The molecule has 0 unspecified atom stereocenters. The summed E-state index contributed by atoms with van der Waals surface area (Å²) in [4.78, 5) is 0.0289. The van der Waals surface area contributed by atoms with Gasteiger partial charge in [0.05, 0.1) is 19.4 Å². The van der Waals surface area contributed by atoms with E-state index in [0.29, 0.717) is 19.8 Å². The molecule has 1 saturated heterocycles. The number of morpholine rings is 1. The van der Waals surface area contributed by atoms with Crippen LogP contribution in [0.3, 0.4) is 0 Å². The van der Waals surface area contributed by atoms with Gasteiger partial charge in [-0.2, -0.15) is 9.40 Å². The van der Waals surface area contributed by atoms with E-state index in [2.05, 4.69) is 10.2 Å². The molecule has 90 valence electrons. The Morgan fingerprint density at radius 1 is 1.69 bits per heavy atom. The number of aromatic nitrogens is 2. The van der Waals surface area contributed by atoms with Crippen LogP contribution in [0.1, 0.15) is 6.92 Å². The third-order valence-electron chi connectivity index (χ3n) is 2.53. The maximum atomic E-state index is 12.2. The van der Waals surface area contributed by atoms with Gasteiger partial charge in [0.15, 0.2) is 0 Å². The highest BCUT2D eigenvalue weighted by molar-refractivity contribution is 7.89. The van der Waals surface area contributed by atoms with Gasteiger partial charge in [0.1, 0.15) is 10.7 Å². The zero-order chi connectivity index (χ0) is 11.8. The van der Waals surface area contributed by atoms with Crippen molar-refractivity contribution in [3.63, 3.8) is 0 Å². The first kappa shape index (κ1) is 11.4. The second kappa shape index (κ2) is 4.04. The summed E-state index contributed by atoms with van der Waals surface area (Å²) in [5.41, 5.74) is 5.52. The number of anilines is 1. The molecule has 1 aliphatic heterocycles. The van der Waals surface area contributed by atoms with Crippen molar-refractivity contribution in [2.24, 2.45) is 0 Å². The van der Waals surface area contributed by atoms with E-state index in [4.69, 9.17) is 10.5 Å². The Hall–Kier alpha value is -1.12. The summed E-state index contributed by atoms with van der Waals surface area (Å²) in [6, 6.07) is -0.187. The number of nitrogen functional groups attached to an aromatic ring is 1. The Labute approximate surface area is 93.6 Å². The number of hydrogen-bond acceptors (Lipinski definition) is 5. The van der Waals surface area contributed by atoms with Gasteiger partial charge >= 0.3 is 0 Å². The van der Waals surface area contributed by atoms with Gasteiger partial charge in [-0.1, -0.05) is 0 Å². The first-order valence-electron chi connectivity index (χ1n) is 4.92. The maximum Gasteiger partial charge on any atom is 0.248 e. The van der Waals surface area contributed by atoms with Crippen LogP contribution in [0.5, 0.6) is 0 Å². The van der Waals surface area contributed by atoms with Crippen molar-refractivity contribution in [1.29, 1.82) is 0 Å². The highest BCUT2D eigenvalue weighted by Gasteiger charge is 2.33. The zero-order valence-corrected chi connectivity index (χ0v) is 9.70. The molecular weight excluding hydrogens is 232 g/mol. The summed E-state index contributed by atoms with van der Waals surface area (Å²) in [5.74, 6) is 0.0682. The van der Waals surface area contributed by atoms with E-state index in [9.17, 15) is 8.42 Å². The molecule has 1 aromatic rings. The number of nitrogens with two attached hydrogens (primary N) is 1. The monoisotopic (exact) mass is 246 g/mol. The first-order chi connectivity index (χ1) is 7.53. The number of aromatic amines is 1. The van der Waals surface area contributed by atoms with Gasteiger partial charge in [0.25, 0.3) is 0 Å². The smallest absolute Gasteiger partial charge is 0.248 e. The van der Waals surface area contributed by atoms with E-state index in [-0.39, 0.29) is 16.8 Å². The molecule has 1 atom stereocenters. The van der Waals surface area contributed by atoms with Crippen molar-refractivity contribution in [2.45, 2.75) is 17.9 Å². The van der Waals surface area contributed by atoms with Crippen LogP contribution < -0.4 is 5.73 Å². The topological polar surface area (TPSA) is 101 Å². The minimum Gasteiger partial charge on any atom is -0.383 e. The Morgan fingerprint density at radius 3 is 3.00 bits per heavy atom. The van der Waals surface area contributed by atoms with Gasteiger partial charge in [-0.25, -0.2) is 8.42 Å². The molecule has 0 amide bonds. The van der Waals surface area contributed by atoms with Gasteiger partial charge in [0.2, 0.25) is 10.0 Å². The van der Waals surface area contributed by atoms with Crippen molar-refractivity contribution >= 4 is 15.8 Å². The number of nitrogens with one attached hydrogen (secondary N) is 1. The lowest BCUT2D eigenvalue weighted by molar-refractivity contribution is 0.0393. The molecule has 0 aliphatic carbocycles.